The number of alkyl halides is 4. The Hall–Kier alpha value is -0.620. The van der Waals surface area contributed by atoms with Crippen LogP contribution in [0.25, 0.3) is 0 Å². The summed E-state index contributed by atoms with van der Waals surface area (Å²) in [4.78, 5) is 11.1. The quantitative estimate of drug-likeness (QED) is 0.457. The molecule has 0 radical (unpaired) electrons. The molecule has 1 rings (SSSR count). The topological polar surface area (TPSA) is 17.1 Å². The van der Waals surface area contributed by atoms with E-state index in [0.29, 0.717) is 6.07 Å². The highest BCUT2D eigenvalue weighted by molar-refractivity contribution is 9.10. The molecule has 0 aliphatic carbocycles. The van der Waals surface area contributed by atoms with Gasteiger partial charge in [0.1, 0.15) is 5.82 Å². The van der Waals surface area contributed by atoms with Crippen molar-refractivity contribution in [2.24, 2.45) is 0 Å². The fourth-order valence-electron chi connectivity index (χ4n) is 1.07. The summed E-state index contributed by atoms with van der Waals surface area (Å²) in [6, 6.07) is 1.54. The molecule has 1 nitrogen and oxygen atoms in total. The van der Waals surface area contributed by atoms with Crippen molar-refractivity contribution >= 4 is 33.3 Å². The first-order valence-electron chi connectivity index (χ1n) is 3.92. The van der Waals surface area contributed by atoms with E-state index in [1.165, 1.54) is 0 Å². The summed E-state index contributed by atoms with van der Waals surface area (Å²) in [7, 11) is 0. The van der Waals surface area contributed by atoms with E-state index in [9.17, 15) is 22.4 Å². The fraction of sp³-hybridized carbons (Fsp3) is 0.222. The van der Waals surface area contributed by atoms with Gasteiger partial charge in [0, 0.05) is 4.47 Å². The van der Waals surface area contributed by atoms with Crippen LogP contribution in [-0.2, 0) is 6.18 Å². The number of benzene rings is 1. The molecule has 88 valence electrons. The van der Waals surface area contributed by atoms with Gasteiger partial charge in [0.25, 0.3) is 0 Å². The molecule has 0 amide bonds. The van der Waals surface area contributed by atoms with Crippen molar-refractivity contribution in [1.82, 2.24) is 0 Å². The lowest BCUT2D eigenvalue weighted by molar-refractivity contribution is -0.140. The zero-order valence-corrected chi connectivity index (χ0v) is 9.88. The van der Waals surface area contributed by atoms with Crippen LogP contribution >= 0.6 is 27.5 Å². The Kier molecular flexibility index (Phi) is 3.96. The molecule has 0 saturated carbocycles. The van der Waals surface area contributed by atoms with Crippen LogP contribution in [0.15, 0.2) is 16.6 Å². The summed E-state index contributed by atoms with van der Waals surface area (Å²) < 4.78 is 50.4. The molecule has 16 heavy (non-hydrogen) atoms. The summed E-state index contributed by atoms with van der Waals surface area (Å²) in [5.74, 6) is -3.07. The van der Waals surface area contributed by atoms with E-state index in [4.69, 9.17) is 11.6 Å². The third kappa shape index (κ3) is 2.74. The van der Waals surface area contributed by atoms with E-state index >= 15 is 0 Å². The smallest absolute Gasteiger partial charge is 0.293 e. The zero-order chi connectivity index (χ0) is 12.5. The Morgan fingerprint density at radius 3 is 2.38 bits per heavy atom. The van der Waals surface area contributed by atoms with Crippen LogP contribution in [0.3, 0.4) is 0 Å². The minimum atomic E-state index is -4.85. The van der Waals surface area contributed by atoms with Gasteiger partial charge in [-0.05, 0) is 12.1 Å². The van der Waals surface area contributed by atoms with Gasteiger partial charge in [0.15, 0.2) is 5.78 Å². The maximum atomic E-state index is 13.4. The van der Waals surface area contributed by atoms with Crippen LogP contribution in [0.1, 0.15) is 15.9 Å². The Labute approximate surface area is 102 Å². The van der Waals surface area contributed by atoms with Crippen molar-refractivity contribution in [3.05, 3.63) is 33.5 Å². The van der Waals surface area contributed by atoms with Gasteiger partial charge in [-0.15, -0.1) is 11.6 Å². The number of carbonyl (C=O) groups excluding carboxylic acids is 1. The second kappa shape index (κ2) is 4.71. The third-order valence-corrected chi connectivity index (χ3v) is 2.47. The standard InChI is InChI=1S/C9H4BrClF4O/c10-4-1-5(7(16)3-11)8(12)6(2-4)9(13,14)15/h1-2H,3H2. The molecule has 0 spiro atoms. The largest absolute Gasteiger partial charge is 0.419 e. The summed E-state index contributed by atoms with van der Waals surface area (Å²) >= 11 is 7.94. The first kappa shape index (κ1) is 13.4. The first-order chi connectivity index (χ1) is 7.27. The van der Waals surface area contributed by atoms with E-state index in [1.807, 2.05) is 0 Å². The van der Waals surface area contributed by atoms with Crippen LogP contribution in [0.2, 0.25) is 0 Å². The monoisotopic (exact) mass is 318 g/mol. The molecule has 0 saturated heterocycles. The van der Waals surface area contributed by atoms with Crippen molar-refractivity contribution in [3.63, 3.8) is 0 Å². The molecule has 0 atom stereocenters. The third-order valence-electron chi connectivity index (χ3n) is 1.76. The van der Waals surface area contributed by atoms with E-state index in [2.05, 4.69) is 15.9 Å². The second-order valence-corrected chi connectivity index (χ2v) is 4.05. The lowest BCUT2D eigenvalue weighted by atomic mass is 10.1. The molecule has 0 fully saturated rings. The normalized spacial score (nSPS) is 11.6. The Morgan fingerprint density at radius 2 is 1.94 bits per heavy atom. The van der Waals surface area contributed by atoms with Crippen molar-refractivity contribution in [1.29, 1.82) is 0 Å². The summed E-state index contributed by atoms with van der Waals surface area (Å²) in [6.45, 7) is 0. The van der Waals surface area contributed by atoms with Gasteiger partial charge in [-0.1, -0.05) is 15.9 Å². The minimum absolute atomic E-state index is 0.0327. The molecular formula is C9H4BrClF4O. The molecule has 0 bridgehead atoms. The number of hydrogen-bond donors (Lipinski definition) is 0. The molecule has 7 heteroatoms. The van der Waals surface area contributed by atoms with Gasteiger partial charge < -0.3 is 0 Å². The van der Waals surface area contributed by atoms with E-state index < -0.39 is 34.8 Å². The maximum absolute atomic E-state index is 13.4. The van der Waals surface area contributed by atoms with Crippen LogP contribution in [0.4, 0.5) is 17.6 Å². The lowest BCUT2D eigenvalue weighted by Crippen LogP contribution is -2.13. The highest BCUT2D eigenvalue weighted by Gasteiger charge is 2.36. The summed E-state index contributed by atoms with van der Waals surface area (Å²) in [6.07, 6.45) is -4.85. The molecule has 0 unspecified atom stereocenters. The van der Waals surface area contributed by atoms with Crippen molar-refractivity contribution in [3.8, 4) is 0 Å². The average molecular weight is 319 g/mol. The predicted octanol–water partition coefficient (Wildman–Crippen LogP) is 4.03. The summed E-state index contributed by atoms with van der Waals surface area (Å²) in [5, 5.41) is 0. The predicted molar refractivity (Wildman–Crippen MR) is 54.2 cm³/mol. The Bertz CT molecular complexity index is 430. The molecule has 0 aliphatic rings. The highest BCUT2D eigenvalue weighted by Crippen LogP contribution is 2.34. The number of rotatable bonds is 2. The minimum Gasteiger partial charge on any atom is -0.293 e. The first-order valence-corrected chi connectivity index (χ1v) is 5.25. The lowest BCUT2D eigenvalue weighted by Gasteiger charge is -2.11. The van der Waals surface area contributed by atoms with Crippen LogP contribution in [0, 0.1) is 5.82 Å². The number of ketones is 1. The number of Topliss-reactive ketones (excluding diaryl/α,β-unsaturated/α-hetero) is 1. The summed E-state index contributed by atoms with van der Waals surface area (Å²) in [5.41, 5.74) is -2.16. The highest BCUT2D eigenvalue weighted by atomic mass is 79.9. The van der Waals surface area contributed by atoms with Crippen molar-refractivity contribution < 1.29 is 22.4 Å². The molecule has 0 aliphatic heterocycles. The van der Waals surface area contributed by atoms with Gasteiger partial charge in [-0.25, -0.2) is 4.39 Å². The van der Waals surface area contributed by atoms with Gasteiger partial charge in [-0.2, -0.15) is 13.2 Å². The van der Waals surface area contributed by atoms with Gasteiger partial charge >= 0.3 is 6.18 Å². The molecule has 0 aromatic heterocycles. The number of hydrogen-bond acceptors (Lipinski definition) is 1. The molecule has 0 N–H and O–H groups in total. The van der Waals surface area contributed by atoms with Crippen LogP contribution in [-0.4, -0.2) is 11.7 Å². The number of halogens is 6. The molecule has 1 aromatic rings. The van der Waals surface area contributed by atoms with Crippen LogP contribution in [0.5, 0.6) is 0 Å². The molecule has 1 aromatic carbocycles. The zero-order valence-electron chi connectivity index (χ0n) is 7.54. The fourth-order valence-corrected chi connectivity index (χ4v) is 1.67. The number of carbonyl (C=O) groups is 1. The SMILES string of the molecule is O=C(CCl)c1cc(Br)cc(C(F)(F)F)c1F. The maximum Gasteiger partial charge on any atom is 0.419 e. The van der Waals surface area contributed by atoms with Crippen LogP contribution < -0.4 is 0 Å². The van der Waals surface area contributed by atoms with Crippen molar-refractivity contribution in [2.75, 3.05) is 5.88 Å². The Morgan fingerprint density at radius 1 is 1.38 bits per heavy atom. The van der Waals surface area contributed by atoms with E-state index in [-0.39, 0.29) is 4.47 Å². The molecule has 0 heterocycles. The Balaban J connectivity index is 3.44. The van der Waals surface area contributed by atoms with Crippen molar-refractivity contribution in [2.45, 2.75) is 6.18 Å². The molecular weight excluding hydrogens is 315 g/mol. The average Bonchev–Trinajstić information content (AvgIpc) is 2.18. The van der Waals surface area contributed by atoms with Gasteiger partial charge in [0.2, 0.25) is 0 Å². The van der Waals surface area contributed by atoms with E-state index in [0.717, 1.165) is 6.07 Å². The second-order valence-electron chi connectivity index (χ2n) is 2.87. The van der Waals surface area contributed by atoms with Gasteiger partial charge in [0.05, 0.1) is 17.0 Å². The van der Waals surface area contributed by atoms with Gasteiger partial charge in [-0.3, -0.25) is 4.79 Å². The van der Waals surface area contributed by atoms with E-state index in [1.54, 1.807) is 0 Å².